The van der Waals surface area contributed by atoms with Crippen molar-refractivity contribution in [2.45, 2.75) is 26.3 Å². The minimum Gasteiger partial charge on any atom is -0.480 e. The lowest BCUT2D eigenvalue weighted by Crippen LogP contribution is -2.53. The van der Waals surface area contributed by atoms with Crippen LogP contribution in [0.1, 0.15) is 19.4 Å². The number of carbonyl (C=O) groups is 3. The van der Waals surface area contributed by atoms with Crippen molar-refractivity contribution in [2.24, 2.45) is 0 Å². The Morgan fingerprint density at radius 2 is 1.65 bits per heavy atom. The quantitative estimate of drug-likeness (QED) is 0.815. The van der Waals surface area contributed by atoms with E-state index in [1.54, 1.807) is 24.3 Å². The molecule has 1 aromatic carbocycles. The van der Waals surface area contributed by atoms with E-state index in [4.69, 9.17) is 5.11 Å². The third-order valence-corrected chi connectivity index (χ3v) is 3.17. The van der Waals surface area contributed by atoms with Gasteiger partial charge in [0.2, 0.25) is 0 Å². The average Bonchev–Trinajstić information content (AvgIpc) is 2.39. The van der Waals surface area contributed by atoms with Crippen LogP contribution in [0.5, 0.6) is 0 Å². The molecule has 0 aliphatic heterocycles. The lowest BCUT2D eigenvalue weighted by molar-refractivity contribution is -0.157. The van der Waals surface area contributed by atoms with Crippen LogP contribution in [0.3, 0.4) is 0 Å². The summed E-state index contributed by atoms with van der Waals surface area (Å²) in [5.41, 5.74) is 0.0516. The Bertz CT molecular complexity index is 535. The second kappa shape index (κ2) is 5.73. The number of amides is 2. The summed E-state index contributed by atoms with van der Waals surface area (Å²) in [6.07, 6.45) is 0. The number of hydrogen-bond donors (Lipinski definition) is 2. The van der Waals surface area contributed by atoms with Crippen molar-refractivity contribution in [3.63, 3.8) is 0 Å². The number of rotatable bonds is 3. The molecule has 0 spiro atoms. The summed E-state index contributed by atoms with van der Waals surface area (Å²) < 4.78 is 0. The molecule has 6 heteroatoms. The van der Waals surface area contributed by atoms with E-state index in [2.05, 4.69) is 5.32 Å². The van der Waals surface area contributed by atoms with Crippen LogP contribution in [0.25, 0.3) is 0 Å². The van der Waals surface area contributed by atoms with Gasteiger partial charge in [0.25, 0.3) is 0 Å². The fourth-order valence-corrected chi connectivity index (χ4v) is 1.37. The Hall–Kier alpha value is -2.37. The molecule has 2 N–H and O–H groups in total. The largest absolute Gasteiger partial charge is 0.480 e. The van der Waals surface area contributed by atoms with Crippen molar-refractivity contribution in [3.05, 3.63) is 29.8 Å². The number of carbonyl (C=O) groups excluding carboxylic acids is 2. The van der Waals surface area contributed by atoms with Gasteiger partial charge in [-0.25, -0.2) is 4.79 Å². The highest BCUT2D eigenvalue weighted by molar-refractivity contribution is 6.39. The molecule has 0 unspecified atom stereocenters. The first kappa shape index (κ1) is 15.7. The molecular formula is C14H18N2O4. The zero-order valence-corrected chi connectivity index (χ0v) is 11.9. The van der Waals surface area contributed by atoms with Gasteiger partial charge in [-0.3, -0.25) is 9.59 Å². The molecule has 20 heavy (non-hydrogen) atoms. The number of aliphatic carboxylic acids is 1. The van der Waals surface area contributed by atoms with Crippen molar-refractivity contribution in [3.8, 4) is 0 Å². The highest BCUT2D eigenvalue weighted by atomic mass is 16.4. The summed E-state index contributed by atoms with van der Waals surface area (Å²) in [5, 5.41) is 11.5. The van der Waals surface area contributed by atoms with Crippen molar-refractivity contribution in [2.75, 3.05) is 12.4 Å². The number of carboxylic acid groups (broad SMARTS) is 1. The van der Waals surface area contributed by atoms with Gasteiger partial charge in [-0.2, -0.15) is 0 Å². The Labute approximate surface area is 117 Å². The van der Waals surface area contributed by atoms with Crippen LogP contribution in [0, 0.1) is 6.92 Å². The predicted octanol–water partition coefficient (Wildman–Crippen LogP) is 1.26. The number of aryl methyl sites for hydroxylation is 1. The maximum Gasteiger partial charge on any atom is 0.329 e. The van der Waals surface area contributed by atoms with Gasteiger partial charge >= 0.3 is 17.8 Å². The van der Waals surface area contributed by atoms with Crippen LogP contribution < -0.4 is 5.32 Å². The Balaban J connectivity index is 2.80. The predicted molar refractivity (Wildman–Crippen MR) is 74.3 cm³/mol. The summed E-state index contributed by atoms with van der Waals surface area (Å²) in [4.78, 5) is 35.7. The molecule has 6 nitrogen and oxygen atoms in total. The van der Waals surface area contributed by atoms with Crippen LogP contribution in [-0.2, 0) is 14.4 Å². The van der Waals surface area contributed by atoms with E-state index >= 15 is 0 Å². The fraction of sp³-hybridized carbons (Fsp3) is 0.357. The molecule has 1 rings (SSSR count). The molecule has 0 aliphatic carbocycles. The highest BCUT2D eigenvalue weighted by Crippen LogP contribution is 2.14. The number of nitrogens with one attached hydrogen (secondary N) is 1. The van der Waals surface area contributed by atoms with Gasteiger partial charge in [-0.1, -0.05) is 17.7 Å². The van der Waals surface area contributed by atoms with Crippen molar-refractivity contribution in [1.29, 1.82) is 0 Å². The zero-order chi connectivity index (χ0) is 15.5. The molecule has 0 saturated heterocycles. The van der Waals surface area contributed by atoms with Crippen molar-refractivity contribution >= 4 is 23.5 Å². The van der Waals surface area contributed by atoms with Crippen LogP contribution in [0.4, 0.5) is 5.69 Å². The molecule has 0 saturated carbocycles. The summed E-state index contributed by atoms with van der Waals surface area (Å²) in [6.45, 7) is 4.61. The number of nitrogens with zero attached hydrogens (tertiary/aromatic N) is 1. The van der Waals surface area contributed by atoms with Crippen LogP contribution in [0.2, 0.25) is 0 Å². The van der Waals surface area contributed by atoms with Gasteiger partial charge in [0, 0.05) is 12.7 Å². The molecule has 0 atom stereocenters. The SMILES string of the molecule is Cc1ccc(NC(=O)C(=O)N(C)C(C)(C)C(=O)O)cc1. The molecule has 0 aliphatic rings. The minimum absolute atomic E-state index is 0.482. The minimum atomic E-state index is -1.46. The molecule has 0 fully saturated rings. The lowest BCUT2D eigenvalue weighted by Gasteiger charge is -2.30. The molecule has 108 valence electrons. The average molecular weight is 278 g/mol. The summed E-state index contributed by atoms with van der Waals surface area (Å²) in [7, 11) is 1.28. The van der Waals surface area contributed by atoms with E-state index in [0.717, 1.165) is 10.5 Å². The van der Waals surface area contributed by atoms with Crippen molar-refractivity contribution < 1.29 is 19.5 Å². The van der Waals surface area contributed by atoms with Gasteiger partial charge < -0.3 is 15.3 Å². The summed E-state index contributed by atoms with van der Waals surface area (Å²) >= 11 is 0. The second-order valence-electron chi connectivity index (χ2n) is 5.05. The molecule has 0 bridgehead atoms. The van der Waals surface area contributed by atoms with Gasteiger partial charge in [0.15, 0.2) is 0 Å². The lowest BCUT2D eigenvalue weighted by atomic mass is 10.0. The number of hydrogen-bond acceptors (Lipinski definition) is 3. The van der Waals surface area contributed by atoms with E-state index in [1.165, 1.54) is 20.9 Å². The van der Waals surface area contributed by atoms with Crippen LogP contribution in [-0.4, -0.2) is 40.4 Å². The van der Waals surface area contributed by atoms with Crippen LogP contribution in [0.15, 0.2) is 24.3 Å². The van der Waals surface area contributed by atoms with Crippen molar-refractivity contribution in [1.82, 2.24) is 4.90 Å². The zero-order valence-electron chi connectivity index (χ0n) is 11.9. The number of anilines is 1. The van der Waals surface area contributed by atoms with E-state index in [-0.39, 0.29) is 0 Å². The maximum absolute atomic E-state index is 11.9. The highest BCUT2D eigenvalue weighted by Gasteiger charge is 2.37. The maximum atomic E-state index is 11.9. The number of carboxylic acids is 1. The third kappa shape index (κ3) is 3.34. The van der Waals surface area contributed by atoms with E-state index in [0.29, 0.717) is 5.69 Å². The number of benzene rings is 1. The standard InChI is InChI=1S/C14H18N2O4/c1-9-5-7-10(8-6-9)15-11(17)12(18)16(4)14(2,3)13(19)20/h5-8H,1-4H3,(H,15,17)(H,19,20). The van der Waals surface area contributed by atoms with E-state index < -0.39 is 23.3 Å². The molecule has 0 heterocycles. The van der Waals surface area contributed by atoms with E-state index in [1.807, 2.05) is 6.92 Å². The molecule has 0 aromatic heterocycles. The Morgan fingerprint density at radius 1 is 1.15 bits per heavy atom. The molecule has 2 amide bonds. The normalized spacial score (nSPS) is 10.8. The fourth-order valence-electron chi connectivity index (χ4n) is 1.37. The van der Waals surface area contributed by atoms with Gasteiger partial charge in [-0.15, -0.1) is 0 Å². The monoisotopic (exact) mass is 278 g/mol. The third-order valence-electron chi connectivity index (χ3n) is 3.17. The van der Waals surface area contributed by atoms with Crippen LogP contribution >= 0.6 is 0 Å². The second-order valence-corrected chi connectivity index (χ2v) is 5.05. The summed E-state index contributed by atoms with van der Waals surface area (Å²) in [6, 6.07) is 6.93. The number of likely N-dealkylation sites (N-methyl/N-ethyl adjacent to an activating group) is 1. The Morgan fingerprint density at radius 3 is 2.10 bits per heavy atom. The first-order valence-corrected chi connectivity index (χ1v) is 6.05. The topological polar surface area (TPSA) is 86.7 Å². The molecular weight excluding hydrogens is 260 g/mol. The van der Waals surface area contributed by atoms with Gasteiger partial charge in [0.1, 0.15) is 5.54 Å². The van der Waals surface area contributed by atoms with Gasteiger partial charge in [-0.05, 0) is 32.9 Å². The smallest absolute Gasteiger partial charge is 0.329 e. The van der Waals surface area contributed by atoms with E-state index in [9.17, 15) is 14.4 Å². The molecule has 0 radical (unpaired) electrons. The Kier molecular flexibility index (Phi) is 4.49. The van der Waals surface area contributed by atoms with Gasteiger partial charge in [0.05, 0.1) is 0 Å². The first-order valence-electron chi connectivity index (χ1n) is 6.05. The first-order chi connectivity index (χ1) is 9.16. The summed E-state index contributed by atoms with van der Waals surface area (Å²) in [5.74, 6) is -2.96. The molecule has 1 aromatic rings.